The molecule has 0 bridgehead atoms. The first kappa shape index (κ1) is 27.9. The molecule has 1 aliphatic heterocycles. The predicted molar refractivity (Wildman–Crippen MR) is 142 cm³/mol. The van der Waals surface area contributed by atoms with Crippen LogP contribution in [-0.2, 0) is 0 Å². The average Bonchev–Trinajstić information content (AvgIpc) is 3.36. The lowest BCUT2D eigenvalue weighted by atomic mass is 10.0. The number of nitrogens with two attached hydrogens (primary N) is 3. The number of nitrogens with zero attached hydrogens (tertiary/aromatic N) is 2. The van der Waals surface area contributed by atoms with Crippen LogP contribution in [0.1, 0.15) is 47.9 Å². The SMILES string of the molecule is CCN.CCN(CCC1Nc2cc(OC)ccc2-n2cccc21)C(=O)c1ccc(C)cc1.NNN. The molecule has 1 amide bonds. The number of aryl methyl sites for hydroxylation is 1. The van der Waals surface area contributed by atoms with Gasteiger partial charge in [-0.15, -0.1) is 0 Å². The second kappa shape index (κ2) is 14.1. The summed E-state index contributed by atoms with van der Waals surface area (Å²) >= 11 is 0. The summed E-state index contributed by atoms with van der Waals surface area (Å²) < 4.78 is 7.60. The zero-order valence-electron chi connectivity index (χ0n) is 21.1. The molecule has 0 spiro atoms. The molecular formula is C26H39N7O2. The molecular weight excluding hydrogens is 442 g/mol. The summed E-state index contributed by atoms with van der Waals surface area (Å²) in [6, 6.07) is 18.2. The Hall–Kier alpha value is -3.37. The molecule has 1 atom stereocenters. The number of anilines is 1. The second-order valence-electron chi connectivity index (χ2n) is 8.00. The summed E-state index contributed by atoms with van der Waals surface area (Å²) in [6.07, 6.45) is 2.91. The summed E-state index contributed by atoms with van der Waals surface area (Å²) in [6.45, 7) is 8.09. The molecule has 9 heteroatoms. The van der Waals surface area contributed by atoms with Gasteiger partial charge in [0.05, 0.1) is 24.5 Å². The first-order valence-electron chi connectivity index (χ1n) is 11.8. The van der Waals surface area contributed by atoms with Gasteiger partial charge in [-0.25, -0.2) is 0 Å². The molecule has 35 heavy (non-hydrogen) atoms. The van der Waals surface area contributed by atoms with Crippen molar-refractivity contribution in [2.75, 3.05) is 32.1 Å². The average molecular weight is 482 g/mol. The van der Waals surface area contributed by atoms with Crippen LogP contribution in [0.15, 0.2) is 60.8 Å². The van der Waals surface area contributed by atoms with Crippen molar-refractivity contribution in [3.63, 3.8) is 0 Å². The highest BCUT2D eigenvalue weighted by atomic mass is 16.5. The third kappa shape index (κ3) is 7.30. The van der Waals surface area contributed by atoms with Crippen molar-refractivity contribution in [2.45, 2.75) is 33.2 Å². The maximum absolute atomic E-state index is 12.9. The Labute approximate surface area is 208 Å². The van der Waals surface area contributed by atoms with Gasteiger partial charge in [0.1, 0.15) is 5.75 Å². The van der Waals surface area contributed by atoms with Crippen LogP contribution in [0.2, 0.25) is 0 Å². The maximum atomic E-state index is 12.9. The number of methoxy groups -OCH3 is 1. The number of amides is 1. The number of benzene rings is 2. The third-order valence-corrected chi connectivity index (χ3v) is 5.59. The topological polar surface area (TPSA) is 137 Å². The number of fused-ring (bicyclic) bond motifs is 3. The predicted octanol–water partition coefficient (Wildman–Crippen LogP) is 3.10. The molecule has 0 fully saturated rings. The normalized spacial score (nSPS) is 13.1. The summed E-state index contributed by atoms with van der Waals surface area (Å²) in [5, 5.41) is 3.64. The van der Waals surface area contributed by atoms with Crippen LogP contribution < -0.4 is 33.0 Å². The van der Waals surface area contributed by atoms with Crippen LogP contribution in [-0.4, -0.2) is 42.1 Å². The first-order valence-corrected chi connectivity index (χ1v) is 11.8. The monoisotopic (exact) mass is 481 g/mol. The summed E-state index contributed by atoms with van der Waals surface area (Å²) in [4.78, 5) is 14.8. The molecule has 9 nitrogen and oxygen atoms in total. The number of nitrogens with one attached hydrogen (secondary N) is 2. The standard InChI is InChI=1S/C24H27N3O2.C2H7N.H5N3/c1-4-26(24(28)18-9-7-17(2)8-10-18)15-13-20-22-6-5-14-27(22)23-12-11-19(29-3)16-21(23)25-20;1-2-3;1-3-2/h5-12,14,16,20,25H,4,13,15H2,1-3H3;2-3H2,1H3;3H,1-2H2. The Balaban J connectivity index is 0.000000655. The number of aromatic nitrogens is 1. The molecule has 1 unspecified atom stereocenters. The van der Waals surface area contributed by atoms with Crippen LogP contribution in [0.25, 0.3) is 5.69 Å². The molecule has 2 aromatic carbocycles. The van der Waals surface area contributed by atoms with Crippen LogP contribution in [0.3, 0.4) is 0 Å². The number of ether oxygens (including phenoxy) is 1. The van der Waals surface area contributed by atoms with Crippen molar-refractivity contribution in [3.8, 4) is 11.4 Å². The van der Waals surface area contributed by atoms with Crippen LogP contribution in [0.4, 0.5) is 5.69 Å². The van der Waals surface area contributed by atoms with Crippen LogP contribution in [0, 0.1) is 6.92 Å². The minimum atomic E-state index is 0.0840. The molecule has 2 heterocycles. The molecule has 8 N–H and O–H groups in total. The van der Waals surface area contributed by atoms with Gasteiger partial charge in [0.2, 0.25) is 0 Å². The van der Waals surface area contributed by atoms with E-state index in [4.69, 9.17) is 10.5 Å². The Morgan fingerprint density at radius 3 is 2.40 bits per heavy atom. The minimum absolute atomic E-state index is 0.0840. The number of hydrogen-bond donors (Lipinski definition) is 5. The Kier molecular flexibility index (Phi) is 11.2. The first-order chi connectivity index (χ1) is 16.9. The number of carbonyl (C=O) groups excluding carboxylic acids is 1. The van der Waals surface area contributed by atoms with Gasteiger partial charge in [0, 0.05) is 36.6 Å². The van der Waals surface area contributed by atoms with E-state index in [1.165, 1.54) is 5.69 Å². The molecule has 3 aromatic rings. The molecule has 4 rings (SSSR count). The molecule has 1 aliphatic rings. The van der Waals surface area contributed by atoms with E-state index in [1.807, 2.05) is 62.1 Å². The van der Waals surface area contributed by atoms with E-state index in [1.54, 1.807) is 12.6 Å². The highest BCUT2D eigenvalue weighted by Gasteiger charge is 2.25. The van der Waals surface area contributed by atoms with Crippen LogP contribution in [0.5, 0.6) is 5.75 Å². The van der Waals surface area contributed by atoms with E-state index in [2.05, 4.69) is 46.0 Å². The van der Waals surface area contributed by atoms with Crippen molar-refractivity contribution >= 4 is 11.6 Å². The molecule has 190 valence electrons. The largest absolute Gasteiger partial charge is 0.497 e. The number of carbonyl (C=O) groups is 1. The number of hydrazine groups is 2. The minimum Gasteiger partial charge on any atom is -0.497 e. The van der Waals surface area contributed by atoms with E-state index < -0.39 is 0 Å². The zero-order valence-corrected chi connectivity index (χ0v) is 21.1. The van der Waals surface area contributed by atoms with Crippen molar-refractivity contribution in [2.24, 2.45) is 17.4 Å². The van der Waals surface area contributed by atoms with Gasteiger partial charge >= 0.3 is 0 Å². The summed E-state index contributed by atoms with van der Waals surface area (Å²) in [7, 11) is 1.68. The Bertz CT molecular complexity index is 1050. The lowest BCUT2D eigenvalue weighted by molar-refractivity contribution is 0.0760. The van der Waals surface area contributed by atoms with E-state index >= 15 is 0 Å². The molecule has 1 aromatic heterocycles. The van der Waals surface area contributed by atoms with Gasteiger partial charge in [-0.3, -0.25) is 16.5 Å². The summed E-state index contributed by atoms with van der Waals surface area (Å²) in [5.41, 5.74) is 11.9. The Morgan fingerprint density at radius 2 is 1.80 bits per heavy atom. The van der Waals surface area contributed by atoms with Crippen molar-refractivity contribution in [1.29, 1.82) is 0 Å². The summed E-state index contributed by atoms with van der Waals surface area (Å²) in [5.74, 6) is 9.66. The van der Waals surface area contributed by atoms with Gasteiger partial charge in [0.25, 0.3) is 5.91 Å². The van der Waals surface area contributed by atoms with Crippen LogP contribution >= 0.6 is 0 Å². The van der Waals surface area contributed by atoms with E-state index in [9.17, 15) is 4.79 Å². The number of hydrogen-bond acceptors (Lipinski definition) is 7. The molecule has 0 saturated heterocycles. The lowest BCUT2D eigenvalue weighted by Gasteiger charge is -2.31. The van der Waals surface area contributed by atoms with E-state index in [0.29, 0.717) is 13.1 Å². The second-order valence-corrected chi connectivity index (χ2v) is 8.00. The van der Waals surface area contributed by atoms with Crippen molar-refractivity contribution in [3.05, 3.63) is 77.6 Å². The molecule has 0 radical (unpaired) electrons. The van der Waals surface area contributed by atoms with Crippen molar-refractivity contribution < 1.29 is 9.53 Å². The third-order valence-electron chi connectivity index (χ3n) is 5.59. The van der Waals surface area contributed by atoms with Gasteiger partial charge < -0.3 is 25.3 Å². The fourth-order valence-corrected chi connectivity index (χ4v) is 3.91. The highest BCUT2D eigenvalue weighted by Crippen LogP contribution is 2.37. The van der Waals surface area contributed by atoms with E-state index in [-0.39, 0.29) is 11.9 Å². The molecule has 0 aliphatic carbocycles. The maximum Gasteiger partial charge on any atom is 0.253 e. The fraction of sp³-hybridized carbons (Fsp3) is 0.346. The number of rotatable bonds is 6. The van der Waals surface area contributed by atoms with Gasteiger partial charge in [-0.1, -0.05) is 24.6 Å². The highest BCUT2D eigenvalue weighted by molar-refractivity contribution is 5.94. The fourth-order valence-electron chi connectivity index (χ4n) is 3.91. The smallest absolute Gasteiger partial charge is 0.253 e. The lowest BCUT2D eigenvalue weighted by Crippen LogP contribution is -2.34. The van der Waals surface area contributed by atoms with Gasteiger partial charge in [0.15, 0.2) is 0 Å². The Morgan fingerprint density at radius 1 is 1.14 bits per heavy atom. The van der Waals surface area contributed by atoms with Crippen molar-refractivity contribution in [1.82, 2.24) is 15.0 Å². The molecule has 0 saturated carbocycles. The van der Waals surface area contributed by atoms with E-state index in [0.717, 1.165) is 41.2 Å². The van der Waals surface area contributed by atoms with Gasteiger partial charge in [-0.05, 0) is 63.2 Å². The quantitative estimate of drug-likeness (QED) is 0.269. The zero-order chi connectivity index (χ0) is 25.8. The van der Waals surface area contributed by atoms with Gasteiger partial charge in [-0.2, -0.15) is 5.53 Å².